The summed E-state index contributed by atoms with van der Waals surface area (Å²) < 4.78 is 83.4. The molecule has 0 atom stereocenters. The summed E-state index contributed by atoms with van der Waals surface area (Å²) in [6.45, 7) is -2.82. The summed E-state index contributed by atoms with van der Waals surface area (Å²) in [4.78, 5) is 7.44. The van der Waals surface area contributed by atoms with Crippen LogP contribution in [0.4, 0.5) is 11.5 Å². The summed E-state index contributed by atoms with van der Waals surface area (Å²) in [6.07, 6.45) is 0. The topological polar surface area (TPSA) is 40.1 Å². The average Bonchev–Trinajstić information content (AvgIpc) is 4.02. The number of fused-ring (bicyclic) bond motifs is 4. The Bertz CT molecular complexity index is 4000. The Kier molecular flexibility index (Phi) is 7.15. The Morgan fingerprint density at radius 3 is 2.06 bits per heavy atom. The Morgan fingerprint density at radius 1 is 0.603 bits per heavy atom. The van der Waals surface area contributed by atoms with Crippen molar-refractivity contribution in [3.63, 3.8) is 0 Å². The maximum atomic E-state index is 9.14. The van der Waals surface area contributed by atoms with Gasteiger partial charge in [0, 0.05) is 16.3 Å². The van der Waals surface area contributed by atoms with Crippen LogP contribution in [0.1, 0.15) is 16.5 Å². The van der Waals surface area contributed by atoms with Gasteiger partial charge in [-0.05, 0) is 6.07 Å². The van der Waals surface area contributed by atoms with Crippen LogP contribution in [0.2, 0.25) is 0 Å². The van der Waals surface area contributed by atoms with Crippen molar-refractivity contribution in [2.45, 2.75) is 6.85 Å². The van der Waals surface area contributed by atoms with Gasteiger partial charge in [0.05, 0.1) is 0 Å². The fourth-order valence-electron chi connectivity index (χ4n) is 9.16. The molecule has 0 radical (unpaired) electrons. The predicted octanol–water partition coefficient (Wildman–Crippen LogP) is 12.8. The van der Waals surface area contributed by atoms with Crippen molar-refractivity contribution in [3.05, 3.63) is 222 Å². The van der Waals surface area contributed by atoms with E-state index in [1.807, 2.05) is 108 Å². The molecule has 6 nitrogen and oxygen atoms in total. The first-order valence-electron chi connectivity index (χ1n) is 24.5. The van der Waals surface area contributed by atoms with Gasteiger partial charge >= 0.3 is 306 Å². The molecule has 3 aromatic heterocycles. The summed E-state index contributed by atoms with van der Waals surface area (Å²) in [7, 11) is 0. The van der Waals surface area contributed by atoms with Crippen LogP contribution < -0.4 is 15.0 Å². The number of ether oxygens (including phenoxy) is 1. The van der Waals surface area contributed by atoms with E-state index in [0.29, 0.717) is 38.1 Å². The van der Waals surface area contributed by atoms with E-state index in [0.717, 1.165) is 38.9 Å². The van der Waals surface area contributed by atoms with Gasteiger partial charge in [-0.25, -0.2) is 0 Å². The quantitative estimate of drug-likeness (QED) is 0.142. The molecule has 63 heavy (non-hydrogen) atoms. The molecule has 1 aliphatic rings. The van der Waals surface area contributed by atoms with E-state index >= 15 is 0 Å². The van der Waals surface area contributed by atoms with E-state index < -0.39 is 37.1 Å². The Balaban J connectivity index is 1.00. The van der Waals surface area contributed by atoms with Crippen molar-refractivity contribution in [2.75, 3.05) is 4.81 Å². The summed E-state index contributed by atoms with van der Waals surface area (Å²) in [5, 5.41) is 2.37. The zero-order valence-electron chi connectivity index (χ0n) is 41.4. The second-order valence-electron chi connectivity index (χ2n) is 15.3. The van der Waals surface area contributed by atoms with Gasteiger partial charge in [-0.1, -0.05) is 60.7 Å². The number of benzene rings is 8. The second kappa shape index (κ2) is 15.2. The molecule has 4 heterocycles. The predicted molar refractivity (Wildman–Crippen MR) is 255 cm³/mol. The fourth-order valence-corrected chi connectivity index (χ4v) is 10.3. The number of hydrogen-bond donors (Lipinski definition) is 0. The molecule has 12 rings (SSSR count). The summed E-state index contributed by atoms with van der Waals surface area (Å²) in [6, 6.07) is 56.6. The molecule has 0 spiro atoms. The van der Waals surface area contributed by atoms with Gasteiger partial charge in [-0.15, -0.1) is 0 Å². The average molecular weight is 999 g/mol. The van der Waals surface area contributed by atoms with Crippen LogP contribution in [0.3, 0.4) is 0 Å². The van der Waals surface area contributed by atoms with Gasteiger partial charge < -0.3 is 0 Å². The second-order valence-corrected chi connectivity index (χ2v) is 16.4. The number of rotatable bonds is 8. The molecule has 0 bridgehead atoms. The van der Waals surface area contributed by atoms with Crippen molar-refractivity contribution < 1.29 is 35.1 Å². The zero-order chi connectivity index (χ0) is 48.9. The van der Waals surface area contributed by atoms with E-state index in [4.69, 9.17) is 20.7 Å². The van der Waals surface area contributed by atoms with Gasteiger partial charge in [0.2, 0.25) is 0 Å². The molecule has 8 aromatic carbocycles. The number of hydrogen-bond acceptors (Lipinski definition) is 3. The molecular weight excluding hydrogens is 953 g/mol. The first-order chi connectivity index (χ1) is 34.4. The van der Waals surface area contributed by atoms with Crippen LogP contribution in [0.5, 0.6) is 11.6 Å². The maximum absolute atomic E-state index is 9.14. The number of aryl methyl sites for hydroxylation is 1. The molecule has 302 valence electrons. The molecule has 0 aliphatic carbocycles. The number of pyridine rings is 1. The molecule has 0 saturated heterocycles. The van der Waals surface area contributed by atoms with Crippen molar-refractivity contribution in [1.29, 1.82) is 0 Å². The van der Waals surface area contributed by atoms with Crippen LogP contribution in [0, 0.1) is 10.7 Å². The van der Waals surface area contributed by atoms with Gasteiger partial charge in [0.15, 0.2) is 0 Å². The fraction of sp³-hybridized carbons (Fsp3) is 0.0182. The number of nitrogens with zero attached hydrogens (tertiary/aromatic N) is 5. The molecule has 0 saturated carbocycles. The van der Waals surface area contributed by atoms with Gasteiger partial charge in [-0.3, -0.25) is 0 Å². The Morgan fingerprint density at radius 2 is 1.27 bits per heavy atom. The van der Waals surface area contributed by atoms with Crippen molar-refractivity contribution in [2.24, 2.45) is 0 Å². The Labute approximate surface area is 387 Å². The molecule has 0 amide bonds. The van der Waals surface area contributed by atoms with Crippen molar-refractivity contribution in [3.8, 4) is 45.3 Å². The molecular formula is C55H38BN5OPt. The van der Waals surface area contributed by atoms with Crippen LogP contribution >= 0.6 is 0 Å². The third-order valence-corrected chi connectivity index (χ3v) is 12.7. The molecule has 8 heteroatoms. The zero-order valence-corrected chi connectivity index (χ0v) is 35.6. The standard InChI is InChI=1S/C55H38BN5O.Pt/c1-38-34-46(39-18-5-2-6-19-39)54(47(35-38)40-20-7-3-8-21-40)59-37-58(49-29-13-14-30-50(49)59)42-24-15-25-43(36-42)62-53-33-17-32-52(57-53)60-51-31-16-27-45-44-26-11-12-28-48(44)61(55(45)51)56(60)41-22-9-4-10-23-41;/h2-36H,1H3;/i1D3,2D,5D,6D,18D,19D;. The normalized spacial score (nSPS) is 14.3. The third-order valence-electron chi connectivity index (χ3n) is 11.7. The number of imidazole rings is 1. The first-order valence-corrected chi connectivity index (χ1v) is 21.6. The minimum absolute atomic E-state index is 0.0378. The third kappa shape index (κ3) is 6.14. The van der Waals surface area contributed by atoms with Gasteiger partial charge in [0.25, 0.3) is 0 Å². The van der Waals surface area contributed by atoms with E-state index in [9.17, 15) is 0 Å². The number of anilines is 2. The first kappa shape index (κ1) is 29.7. The van der Waals surface area contributed by atoms with Crippen LogP contribution in [-0.4, -0.2) is 25.6 Å². The van der Waals surface area contributed by atoms with Crippen LogP contribution in [-0.2, 0) is 19.4 Å². The molecule has 0 fully saturated rings. The van der Waals surface area contributed by atoms with Gasteiger partial charge in [-0.2, -0.15) is 0 Å². The molecule has 1 aliphatic heterocycles. The number of para-hydroxylation sites is 4. The van der Waals surface area contributed by atoms with Crippen LogP contribution in [0.25, 0.3) is 66.5 Å². The summed E-state index contributed by atoms with van der Waals surface area (Å²) >= 11 is 2.24. The monoisotopic (exact) mass is 998 g/mol. The molecule has 0 N–H and O–H groups in total. The summed E-state index contributed by atoms with van der Waals surface area (Å²) in [5.74, 6) is 1.64. The van der Waals surface area contributed by atoms with Crippen molar-refractivity contribution >= 4 is 56.8 Å². The van der Waals surface area contributed by atoms with Crippen LogP contribution in [0.15, 0.2) is 212 Å². The SMILES string of the molecule is [2H]c1c([2H])c([2H])c(-c2cc(C([2H])([2H])[2H])cc(-c3ccccc3)c2-n2[c](=[Pt])n(-c3cccc(Oc4cccc(N5B(c6ccccc6)n6c7ccccc7c7cccc5c76)n4)c3)c3ccccc32)c([2H])c1[2H]. The van der Waals surface area contributed by atoms with E-state index in [-0.39, 0.29) is 23.7 Å². The minimum atomic E-state index is -2.60. The van der Waals surface area contributed by atoms with E-state index in [1.54, 1.807) is 6.07 Å². The Hall–Kier alpha value is -7.47. The molecule has 0 unspecified atom stereocenters. The van der Waals surface area contributed by atoms with E-state index in [2.05, 4.69) is 99.9 Å². The number of aromatic nitrogens is 4. The van der Waals surface area contributed by atoms with Gasteiger partial charge in [0.1, 0.15) is 0 Å². The summed E-state index contributed by atoms with van der Waals surface area (Å²) in [5.41, 5.74) is 8.33. The van der Waals surface area contributed by atoms with Crippen molar-refractivity contribution in [1.82, 2.24) is 18.6 Å². The van der Waals surface area contributed by atoms with E-state index in [1.165, 1.54) is 16.8 Å². The molecule has 11 aromatic rings.